The average Bonchev–Trinajstić information content (AvgIpc) is 3.05. The zero-order valence-electron chi connectivity index (χ0n) is 15.3. The summed E-state index contributed by atoms with van der Waals surface area (Å²) in [6.45, 7) is -2.46. The third-order valence-electron chi connectivity index (χ3n) is 4.41. The van der Waals surface area contributed by atoms with E-state index in [1.807, 2.05) is 48.5 Å². The van der Waals surface area contributed by atoms with Gasteiger partial charge in [0.05, 0.1) is 23.3 Å². The van der Waals surface area contributed by atoms with Crippen molar-refractivity contribution in [3.8, 4) is 5.75 Å². The molecule has 0 unspecified atom stereocenters. The van der Waals surface area contributed by atoms with Crippen molar-refractivity contribution in [1.82, 2.24) is 9.55 Å². The van der Waals surface area contributed by atoms with Crippen molar-refractivity contribution < 1.29 is 13.5 Å². The van der Waals surface area contributed by atoms with Crippen LogP contribution in [0.15, 0.2) is 82.2 Å². The molecule has 0 radical (unpaired) electrons. The Morgan fingerprint density at radius 2 is 1.79 bits per heavy atom. The van der Waals surface area contributed by atoms with Crippen LogP contribution in [-0.2, 0) is 12.3 Å². The van der Waals surface area contributed by atoms with Crippen molar-refractivity contribution >= 4 is 38.7 Å². The van der Waals surface area contributed by atoms with E-state index in [0.29, 0.717) is 17.9 Å². The summed E-state index contributed by atoms with van der Waals surface area (Å²) in [5.74, 6) is 1.72. The second kappa shape index (κ2) is 8.97. The van der Waals surface area contributed by atoms with Gasteiger partial charge in [0.15, 0.2) is 0 Å². The minimum absolute atomic E-state index is 0.186. The molecule has 148 valence electrons. The third kappa shape index (κ3) is 4.79. The van der Waals surface area contributed by atoms with Crippen molar-refractivity contribution in [1.29, 1.82) is 0 Å². The van der Waals surface area contributed by atoms with Gasteiger partial charge >= 0.3 is 6.61 Å². The molecule has 0 fully saturated rings. The molecule has 7 heteroatoms. The zero-order valence-corrected chi connectivity index (χ0v) is 17.7. The normalized spacial score (nSPS) is 11.3. The number of halogens is 3. The first-order chi connectivity index (χ1) is 14.1. The molecule has 4 aromatic rings. The van der Waals surface area contributed by atoms with Crippen molar-refractivity contribution in [3.63, 3.8) is 0 Å². The lowest BCUT2D eigenvalue weighted by Gasteiger charge is -2.14. The summed E-state index contributed by atoms with van der Waals surface area (Å²) in [4.78, 5) is 5.90. The molecule has 3 aromatic carbocycles. The zero-order chi connectivity index (χ0) is 20.2. The van der Waals surface area contributed by atoms with Crippen molar-refractivity contribution in [2.24, 2.45) is 0 Å². The molecule has 0 amide bonds. The van der Waals surface area contributed by atoms with Gasteiger partial charge in [-0.1, -0.05) is 52.3 Å². The van der Waals surface area contributed by atoms with Crippen LogP contribution in [-0.4, -0.2) is 16.2 Å². The maximum absolute atomic E-state index is 12.8. The third-order valence-corrected chi connectivity index (χ3v) is 5.90. The van der Waals surface area contributed by atoms with E-state index >= 15 is 0 Å². The summed E-state index contributed by atoms with van der Waals surface area (Å²) in [6, 6.07) is 22.8. The molecule has 3 nitrogen and oxygen atoms in total. The van der Waals surface area contributed by atoms with Gasteiger partial charge in [0.2, 0.25) is 0 Å². The molecule has 0 bridgehead atoms. The van der Waals surface area contributed by atoms with E-state index in [9.17, 15) is 8.78 Å². The van der Waals surface area contributed by atoms with Gasteiger partial charge in [0, 0.05) is 14.9 Å². The summed E-state index contributed by atoms with van der Waals surface area (Å²) in [5.41, 5.74) is 2.53. The molecule has 1 aromatic heterocycles. The quantitative estimate of drug-likeness (QED) is 0.277. The minimum atomic E-state index is -2.86. The highest BCUT2D eigenvalue weighted by Crippen LogP contribution is 2.29. The van der Waals surface area contributed by atoms with Crippen LogP contribution in [0, 0.1) is 0 Å². The second-order valence-corrected chi connectivity index (χ2v) is 8.30. The number of ether oxygens (including phenoxy) is 1. The van der Waals surface area contributed by atoms with Gasteiger partial charge in [-0.05, 0) is 36.4 Å². The first-order valence-corrected chi connectivity index (χ1v) is 10.7. The Morgan fingerprint density at radius 1 is 1.00 bits per heavy atom. The largest absolute Gasteiger partial charge is 0.434 e. The number of nitrogens with zero attached hydrogens (tertiary/aromatic N) is 2. The van der Waals surface area contributed by atoms with Crippen LogP contribution in [0.3, 0.4) is 0 Å². The molecule has 0 saturated carbocycles. The lowest BCUT2D eigenvalue weighted by molar-refractivity contribution is -0.0504. The molecule has 0 aliphatic rings. The molecule has 29 heavy (non-hydrogen) atoms. The molecule has 0 aliphatic heterocycles. The number of thioether (sulfide) groups is 1. The van der Waals surface area contributed by atoms with Gasteiger partial charge in [-0.2, -0.15) is 8.78 Å². The number of fused-ring (bicyclic) bond motifs is 1. The van der Waals surface area contributed by atoms with Crippen molar-refractivity contribution in [2.45, 2.75) is 23.8 Å². The fourth-order valence-corrected chi connectivity index (χ4v) is 4.58. The van der Waals surface area contributed by atoms with Gasteiger partial charge in [-0.3, -0.25) is 0 Å². The highest BCUT2D eigenvalue weighted by molar-refractivity contribution is 9.10. The Kier molecular flexibility index (Phi) is 6.16. The molecule has 1 heterocycles. The fourth-order valence-electron chi connectivity index (χ4n) is 3.13. The smallest absolute Gasteiger partial charge is 0.387 e. The standard InChI is InChI=1S/C22H17BrF2N2OS/c23-16-7-5-8-17(12-16)29-14-21-26-18-9-2-3-10-19(18)27(21)13-15-6-1-4-11-20(15)28-22(24)25/h1-12,22H,13-14H2. The Balaban J connectivity index is 1.67. The first-order valence-electron chi connectivity index (χ1n) is 8.95. The number of rotatable bonds is 7. The van der Waals surface area contributed by atoms with Crippen molar-refractivity contribution in [2.75, 3.05) is 0 Å². The molecular formula is C22H17BrF2N2OS. The van der Waals surface area contributed by atoms with Crippen LogP contribution in [0.5, 0.6) is 5.75 Å². The molecule has 0 atom stereocenters. The van der Waals surface area contributed by atoms with E-state index in [2.05, 4.69) is 26.6 Å². The summed E-state index contributed by atoms with van der Waals surface area (Å²) in [6.07, 6.45) is 0. The van der Waals surface area contributed by atoms with E-state index in [4.69, 9.17) is 9.72 Å². The Hall–Kier alpha value is -2.38. The van der Waals surface area contributed by atoms with Gasteiger partial charge in [-0.15, -0.1) is 11.8 Å². The topological polar surface area (TPSA) is 27.1 Å². The van der Waals surface area contributed by atoms with Gasteiger partial charge in [-0.25, -0.2) is 4.98 Å². The van der Waals surface area contributed by atoms with Gasteiger partial charge < -0.3 is 9.30 Å². The lowest BCUT2D eigenvalue weighted by atomic mass is 10.2. The monoisotopic (exact) mass is 474 g/mol. The highest BCUT2D eigenvalue weighted by Gasteiger charge is 2.15. The summed E-state index contributed by atoms with van der Waals surface area (Å²) < 4.78 is 33.4. The Labute approximate surface area is 179 Å². The maximum Gasteiger partial charge on any atom is 0.387 e. The fraction of sp³-hybridized carbons (Fsp3) is 0.136. The predicted octanol–water partition coefficient (Wildman–Crippen LogP) is 6.74. The molecule has 0 saturated heterocycles. The Bertz CT molecular complexity index is 1130. The van der Waals surface area contributed by atoms with Crippen LogP contribution in [0.1, 0.15) is 11.4 Å². The molecule has 0 N–H and O–H groups in total. The Morgan fingerprint density at radius 3 is 2.62 bits per heavy atom. The van der Waals surface area contributed by atoms with E-state index < -0.39 is 6.61 Å². The minimum Gasteiger partial charge on any atom is -0.434 e. The van der Waals surface area contributed by atoms with E-state index in [-0.39, 0.29) is 5.75 Å². The SMILES string of the molecule is FC(F)Oc1ccccc1Cn1c(CSc2cccc(Br)c2)nc2ccccc21. The van der Waals surface area contributed by atoms with Crippen LogP contribution < -0.4 is 4.74 Å². The van der Waals surface area contributed by atoms with Crippen LogP contribution in [0.2, 0.25) is 0 Å². The van der Waals surface area contributed by atoms with Crippen molar-refractivity contribution in [3.05, 3.63) is 88.7 Å². The predicted molar refractivity (Wildman–Crippen MR) is 116 cm³/mol. The summed E-state index contributed by atoms with van der Waals surface area (Å²) in [5, 5.41) is 0. The van der Waals surface area contributed by atoms with Crippen LogP contribution >= 0.6 is 27.7 Å². The number of hydrogen-bond donors (Lipinski definition) is 0. The summed E-state index contributed by atoms with van der Waals surface area (Å²) >= 11 is 5.17. The molecule has 0 aliphatic carbocycles. The van der Waals surface area contributed by atoms with E-state index in [0.717, 1.165) is 26.2 Å². The van der Waals surface area contributed by atoms with Crippen LogP contribution in [0.25, 0.3) is 11.0 Å². The number of imidazole rings is 1. The van der Waals surface area contributed by atoms with Crippen LogP contribution in [0.4, 0.5) is 8.78 Å². The van der Waals surface area contributed by atoms with E-state index in [1.165, 1.54) is 0 Å². The molecule has 0 spiro atoms. The van der Waals surface area contributed by atoms with Gasteiger partial charge in [0.25, 0.3) is 0 Å². The first kappa shape index (κ1) is 19.9. The lowest BCUT2D eigenvalue weighted by Crippen LogP contribution is -2.09. The molecular weight excluding hydrogens is 458 g/mol. The van der Waals surface area contributed by atoms with E-state index in [1.54, 1.807) is 30.0 Å². The summed E-state index contributed by atoms with van der Waals surface area (Å²) in [7, 11) is 0. The second-order valence-electron chi connectivity index (χ2n) is 6.34. The number of benzene rings is 3. The molecule has 4 rings (SSSR count). The number of alkyl halides is 2. The number of hydrogen-bond acceptors (Lipinski definition) is 3. The maximum atomic E-state index is 12.8. The highest BCUT2D eigenvalue weighted by atomic mass is 79.9. The average molecular weight is 475 g/mol. The number of para-hydroxylation sites is 3. The number of aromatic nitrogens is 2. The van der Waals surface area contributed by atoms with Gasteiger partial charge in [0.1, 0.15) is 11.6 Å².